The van der Waals surface area contributed by atoms with Crippen molar-refractivity contribution in [2.45, 2.75) is 0 Å². The fourth-order valence-electron chi connectivity index (χ4n) is 3.20. The quantitative estimate of drug-likeness (QED) is 0.427. The lowest BCUT2D eigenvalue weighted by Crippen LogP contribution is -2.16. The van der Waals surface area contributed by atoms with E-state index >= 15 is 0 Å². The zero-order valence-corrected chi connectivity index (χ0v) is 15.7. The molecule has 3 aromatic rings. The third kappa shape index (κ3) is 2.57. The van der Waals surface area contributed by atoms with Crippen molar-refractivity contribution in [3.05, 3.63) is 93.7 Å². The maximum atomic E-state index is 13.0. The minimum atomic E-state index is -0.229. The van der Waals surface area contributed by atoms with Crippen LogP contribution in [0.25, 0.3) is 33.7 Å². The molecule has 0 aromatic heterocycles. The molecule has 0 unspecified atom stereocenters. The molecule has 2 aliphatic heterocycles. The van der Waals surface area contributed by atoms with Gasteiger partial charge < -0.3 is 0 Å². The van der Waals surface area contributed by atoms with Crippen LogP contribution in [0.5, 0.6) is 0 Å². The van der Waals surface area contributed by atoms with Crippen LogP contribution < -0.4 is 5.56 Å². The third-order valence-corrected chi connectivity index (χ3v) is 5.01. The molecular weight excluding hydrogens is 404 g/mol. The molecule has 6 heteroatoms. The first-order chi connectivity index (χ1) is 13.2. The number of hydrogen-bond donors (Lipinski definition) is 0. The van der Waals surface area contributed by atoms with Gasteiger partial charge in [0.1, 0.15) is 5.69 Å². The molecule has 5 nitrogen and oxygen atoms in total. The number of hydrogen-bond acceptors (Lipinski definition) is 3. The van der Waals surface area contributed by atoms with Gasteiger partial charge in [-0.1, -0.05) is 52.3 Å². The lowest BCUT2D eigenvalue weighted by molar-refractivity contribution is 0.856. The first-order valence-electron chi connectivity index (χ1n) is 8.44. The van der Waals surface area contributed by atoms with Crippen molar-refractivity contribution in [3.8, 4) is 22.8 Å². The van der Waals surface area contributed by atoms with Crippen molar-refractivity contribution in [1.82, 2.24) is 19.6 Å². The number of nitrogens with zero attached hydrogens (tertiary/aromatic N) is 4. The maximum absolute atomic E-state index is 13.0. The lowest BCUT2D eigenvalue weighted by atomic mass is 10.1. The van der Waals surface area contributed by atoms with Crippen molar-refractivity contribution in [2.75, 3.05) is 0 Å². The average Bonchev–Trinajstić information content (AvgIpc) is 3.06. The van der Waals surface area contributed by atoms with Gasteiger partial charge in [0.15, 0.2) is 5.69 Å². The number of fused-ring (bicyclic) bond motifs is 3. The van der Waals surface area contributed by atoms with Crippen LogP contribution in [0.1, 0.15) is 0 Å². The Hall–Kier alpha value is -3.25. The van der Waals surface area contributed by atoms with E-state index in [0.29, 0.717) is 11.4 Å². The van der Waals surface area contributed by atoms with Gasteiger partial charge in [0.25, 0.3) is 0 Å². The summed E-state index contributed by atoms with van der Waals surface area (Å²) in [6.07, 6.45) is 0. The molecule has 0 amide bonds. The Labute approximate surface area is 163 Å². The predicted octanol–water partition coefficient (Wildman–Crippen LogP) is 4.44. The standard InChI is InChI=1S/C21H13BrN4O/c22-14-10-12-16(13-11-14)25-18-9-5-4-8-17(18)19-20(24-25)21(27)26(23-19)15-6-2-1-3-7-15/h1-13H. The zero-order chi connectivity index (χ0) is 18.4. The highest BCUT2D eigenvalue weighted by Crippen LogP contribution is 2.28. The topological polar surface area (TPSA) is 52.7 Å². The summed E-state index contributed by atoms with van der Waals surface area (Å²) < 4.78 is 4.19. The lowest BCUT2D eigenvalue weighted by Gasteiger charge is -2.12. The summed E-state index contributed by atoms with van der Waals surface area (Å²) in [5.74, 6) is 0. The largest absolute Gasteiger partial charge is 0.301 e. The molecule has 0 saturated carbocycles. The molecule has 130 valence electrons. The van der Waals surface area contributed by atoms with Crippen molar-refractivity contribution >= 4 is 26.8 Å². The molecule has 2 aliphatic rings. The minimum absolute atomic E-state index is 0.229. The van der Waals surface area contributed by atoms with E-state index in [0.717, 1.165) is 26.8 Å². The van der Waals surface area contributed by atoms with E-state index in [-0.39, 0.29) is 5.56 Å². The Morgan fingerprint density at radius 3 is 2.07 bits per heavy atom. The SMILES string of the molecule is O=c1c2nn(-c3ccc(Br)cc3)c3ccccc3c-2nn1-c1ccccc1. The molecule has 0 N–H and O–H groups in total. The average molecular weight is 417 g/mol. The molecule has 0 spiro atoms. The third-order valence-electron chi connectivity index (χ3n) is 4.48. The first kappa shape index (κ1) is 16.0. The first-order valence-corrected chi connectivity index (χ1v) is 9.24. The number of aromatic nitrogens is 4. The van der Waals surface area contributed by atoms with Gasteiger partial charge in [0, 0.05) is 9.86 Å². The Balaban J connectivity index is 1.87. The second-order valence-corrected chi connectivity index (χ2v) is 7.07. The van der Waals surface area contributed by atoms with Crippen LogP contribution in [0.2, 0.25) is 0 Å². The number of benzene rings is 3. The van der Waals surface area contributed by atoms with Crippen LogP contribution in [0.15, 0.2) is 88.1 Å². The highest BCUT2D eigenvalue weighted by Gasteiger charge is 2.22. The minimum Gasteiger partial charge on any atom is -0.265 e. The fourth-order valence-corrected chi connectivity index (χ4v) is 3.47. The molecule has 0 atom stereocenters. The molecule has 27 heavy (non-hydrogen) atoms. The van der Waals surface area contributed by atoms with Gasteiger partial charge in [-0.25, -0.2) is 4.68 Å². The summed E-state index contributed by atoms with van der Waals surface area (Å²) in [6.45, 7) is 0. The number of rotatable bonds is 2. The van der Waals surface area contributed by atoms with Crippen LogP contribution in [0.3, 0.4) is 0 Å². The Morgan fingerprint density at radius 1 is 0.667 bits per heavy atom. The second-order valence-electron chi connectivity index (χ2n) is 6.16. The van der Waals surface area contributed by atoms with E-state index in [1.807, 2.05) is 78.9 Å². The summed E-state index contributed by atoms with van der Waals surface area (Å²) in [7, 11) is 0. The van der Waals surface area contributed by atoms with E-state index in [2.05, 4.69) is 26.1 Å². The smallest absolute Gasteiger partial charge is 0.265 e. The number of halogens is 1. The predicted molar refractivity (Wildman–Crippen MR) is 109 cm³/mol. The fraction of sp³-hybridized carbons (Fsp3) is 0. The summed E-state index contributed by atoms with van der Waals surface area (Å²) in [5, 5.41) is 10.1. The maximum Gasteiger partial charge on any atom is 0.301 e. The molecule has 0 saturated heterocycles. The van der Waals surface area contributed by atoms with E-state index in [4.69, 9.17) is 0 Å². The molecule has 0 aliphatic carbocycles. The Kier molecular flexibility index (Phi) is 3.65. The van der Waals surface area contributed by atoms with Gasteiger partial charge in [-0.05, 0) is 42.5 Å². The highest BCUT2D eigenvalue weighted by molar-refractivity contribution is 9.10. The molecule has 3 aromatic carbocycles. The Bertz CT molecular complexity index is 1290. The molecule has 0 radical (unpaired) electrons. The van der Waals surface area contributed by atoms with Crippen LogP contribution in [0, 0.1) is 0 Å². The monoisotopic (exact) mass is 416 g/mol. The summed E-state index contributed by atoms with van der Waals surface area (Å²) >= 11 is 3.46. The van der Waals surface area contributed by atoms with Crippen LogP contribution >= 0.6 is 15.9 Å². The second kappa shape index (κ2) is 6.17. The van der Waals surface area contributed by atoms with Crippen LogP contribution in [0.4, 0.5) is 0 Å². The van der Waals surface area contributed by atoms with Crippen molar-refractivity contribution in [1.29, 1.82) is 0 Å². The van der Waals surface area contributed by atoms with E-state index in [9.17, 15) is 4.79 Å². The summed E-state index contributed by atoms with van der Waals surface area (Å²) in [6, 6.07) is 25.1. The van der Waals surface area contributed by atoms with Gasteiger partial charge in [0.05, 0.1) is 16.9 Å². The Morgan fingerprint density at radius 2 is 1.30 bits per heavy atom. The summed E-state index contributed by atoms with van der Waals surface area (Å²) in [4.78, 5) is 13.0. The van der Waals surface area contributed by atoms with Crippen molar-refractivity contribution in [2.24, 2.45) is 0 Å². The molecule has 0 bridgehead atoms. The normalized spacial score (nSPS) is 11.3. The van der Waals surface area contributed by atoms with Crippen molar-refractivity contribution < 1.29 is 0 Å². The van der Waals surface area contributed by atoms with Crippen LogP contribution in [-0.2, 0) is 0 Å². The van der Waals surface area contributed by atoms with Gasteiger partial charge in [-0.2, -0.15) is 14.9 Å². The zero-order valence-electron chi connectivity index (χ0n) is 14.1. The molecular formula is C21H13BrN4O. The van der Waals surface area contributed by atoms with Crippen LogP contribution in [-0.4, -0.2) is 19.6 Å². The van der Waals surface area contributed by atoms with E-state index in [1.165, 1.54) is 4.68 Å². The highest BCUT2D eigenvalue weighted by atomic mass is 79.9. The van der Waals surface area contributed by atoms with Gasteiger partial charge in [-0.15, -0.1) is 0 Å². The number of para-hydroxylation sites is 2. The summed E-state index contributed by atoms with van der Waals surface area (Å²) in [5.41, 5.74) is 3.22. The van der Waals surface area contributed by atoms with Gasteiger partial charge in [-0.3, -0.25) is 4.79 Å². The van der Waals surface area contributed by atoms with Gasteiger partial charge in [0.2, 0.25) is 0 Å². The molecule has 5 rings (SSSR count). The molecule has 2 heterocycles. The van der Waals surface area contributed by atoms with E-state index < -0.39 is 0 Å². The molecule has 0 fully saturated rings. The van der Waals surface area contributed by atoms with Crippen molar-refractivity contribution in [3.63, 3.8) is 0 Å². The van der Waals surface area contributed by atoms with Gasteiger partial charge >= 0.3 is 5.56 Å². The van der Waals surface area contributed by atoms with E-state index in [1.54, 1.807) is 4.68 Å².